The van der Waals surface area contributed by atoms with Crippen molar-refractivity contribution in [2.75, 3.05) is 88.5 Å². The van der Waals surface area contributed by atoms with E-state index in [0.717, 1.165) is 74.6 Å². The normalized spacial score (nSPS) is 14.3. The Labute approximate surface area is 390 Å². The molecule has 18 heteroatoms. The highest BCUT2D eigenvalue weighted by molar-refractivity contribution is 6.45. The summed E-state index contributed by atoms with van der Waals surface area (Å²) in [7, 11) is -0.555. The molecule has 0 spiro atoms. The second kappa shape index (κ2) is 24.4. The molecule has 15 nitrogen and oxygen atoms in total. The first-order chi connectivity index (χ1) is 32.6. The van der Waals surface area contributed by atoms with Crippen LogP contribution >= 0.6 is 0 Å². The quantitative estimate of drug-likeness (QED) is 0.107. The SMILES string of the molecule is CB(O)NCc1ccc(Cn2ccnc(N3CCN(CCOc4ccc(F)cc4)CC3)c2=O)cc1.NCc1ccc(Cn2ccnc(N3CCN(CCOc4ccc(F)cc4)CC3)c2=O)cc1. The first-order valence-corrected chi connectivity index (χ1v) is 22.7. The second-order valence-electron chi connectivity index (χ2n) is 16.5. The Morgan fingerprint density at radius 2 is 0.985 bits per heavy atom. The fraction of sp³-hybridized carbons (Fsp3) is 0.347. The minimum absolute atomic E-state index is 0.0801. The minimum Gasteiger partial charge on any atom is -0.492 e. The van der Waals surface area contributed by atoms with Gasteiger partial charge < -0.3 is 44.4 Å². The maximum atomic E-state index is 13.1. The number of rotatable bonds is 18. The second-order valence-corrected chi connectivity index (χ2v) is 16.5. The van der Waals surface area contributed by atoms with Crippen LogP contribution in [0.25, 0.3) is 0 Å². The Hall–Kier alpha value is -6.44. The van der Waals surface area contributed by atoms with Crippen molar-refractivity contribution in [3.8, 4) is 11.5 Å². The monoisotopic (exact) mass is 916 g/mol. The van der Waals surface area contributed by atoms with E-state index in [2.05, 4.69) is 25.0 Å². The Morgan fingerprint density at radius 3 is 1.37 bits per heavy atom. The molecule has 67 heavy (non-hydrogen) atoms. The number of nitrogens with one attached hydrogen (secondary N) is 1. The van der Waals surface area contributed by atoms with E-state index in [0.29, 0.717) is 75.6 Å². The van der Waals surface area contributed by atoms with Gasteiger partial charge in [-0.2, -0.15) is 0 Å². The van der Waals surface area contributed by atoms with E-state index in [1.54, 1.807) is 65.0 Å². The summed E-state index contributed by atoms with van der Waals surface area (Å²) in [5.41, 5.74) is 9.69. The van der Waals surface area contributed by atoms with Gasteiger partial charge in [0.2, 0.25) is 0 Å². The molecule has 4 heterocycles. The van der Waals surface area contributed by atoms with Gasteiger partial charge in [0, 0.05) is 103 Å². The molecule has 4 N–H and O–H groups in total. The van der Waals surface area contributed by atoms with Crippen molar-refractivity contribution in [1.29, 1.82) is 0 Å². The van der Waals surface area contributed by atoms with E-state index in [1.165, 1.54) is 24.3 Å². The number of hydrogen-bond donors (Lipinski definition) is 3. The zero-order valence-electron chi connectivity index (χ0n) is 37.9. The maximum absolute atomic E-state index is 13.1. The molecule has 2 fully saturated rings. The van der Waals surface area contributed by atoms with Gasteiger partial charge in [0.05, 0.1) is 13.1 Å². The van der Waals surface area contributed by atoms with Crippen molar-refractivity contribution in [1.82, 2.24) is 34.1 Å². The van der Waals surface area contributed by atoms with Gasteiger partial charge in [-0.3, -0.25) is 19.4 Å². The van der Waals surface area contributed by atoms with Crippen LogP contribution in [0.15, 0.2) is 131 Å². The molecule has 8 rings (SSSR count). The molecule has 0 bridgehead atoms. The summed E-state index contributed by atoms with van der Waals surface area (Å²) in [6.07, 6.45) is 6.82. The molecule has 4 aromatic carbocycles. The number of halogens is 2. The summed E-state index contributed by atoms with van der Waals surface area (Å²) in [5.74, 6) is 1.75. The first kappa shape index (κ1) is 48.5. The highest BCUT2D eigenvalue weighted by atomic mass is 19.1. The number of hydrogen-bond acceptors (Lipinski definition) is 13. The number of aromatic nitrogens is 4. The predicted octanol–water partition coefficient (Wildman–Crippen LogP) is 3.92. The predicted molar refractivity (Wildman–Crippen MR) is 258 cm³/mol. The number of ether oxygens (including phenoxy) is 2. The molecule has 0 radical (unpaired) electrons. The fourth-order valence-electron chi connectivity index (χ4n) is 7.77. The van der Waals surface area contributed by atoms with Gasteiger partial charge in [-0.1, -0.05) is 48.5 Å². The summed E-state index contributed by atoms with van der Waals surface area (Å²) < 4.78 is 40.7. The van der Waals surface area contributed by atoms with Crippen LogP contribution in [0.5, 0.6) is 11.5 Å². The van der Waals surface area contributed by atoms with E-state index in [-0.39, 0.29) is 22.8 Å². The molecule has 0 aliphatic carbocycles. The van der Waals surface area contributed by atoms with Gasteiger partial charge in [-0.15, -0.1) is 0 Å². The van der Waals surface area contributed by atoms with E-state index in [9.17, 15) is 23.4 Å². The maximum Gasteiger partial charge on any atom is 0.373 e. The Bertz CT molecular complexity index is 2550. The minimum atomic E-state index is -0.555. The van der Waals surface area contributed by atoms with E-state index < -0.39 is 7.05 Å². The summed E-state index contributed by atoms with van der Waals surface area (Å²) in [5, 5.41) is 12.3. The van der Waals surface area contributed by atoms with Crippen molar-refractivity contribution < 1.29 is 23.3 Å². The fourth-order valence-corrected chi connectivity index (χ4v) is 7.77. The summed E-state index contributed by atoms with van der Waals surface area (Å²) in [6.45, 7) is 12.5. The molecule has 6 aromatic rings. The van der Waals surface area contributed by atoms with E-state index in [4.69, 9.17) is 15.2 Å². The summed E-state index contributed by atoms with van der Waals surface area (Å²) in [4.78, 5) is 43.5. The molecule has 2 aromatic heterocycles. The lowest BCUT2D eigenvalue weighted by Gasteiger charge is -2.35. The van der Waals surface area contributed by atoms with E-state index >= 15 is 0 Å². The Balaban J connectivity index is 0.000000200. The standard InChI is InChI=1S/C25H31BFN5O3.C24H28FN5O2/c1-26(34)29-18-20-2-4-21(5-3-20)19-32-11-10-28-24(25(32)33)31-14-12-30(13-15-31)16-17-35-23-8-6-22(27)7-9-23;25-21-5-7-22(8-6-21)32-16-15-28-11-13-29(14-12-28)23-24(31)30(10-9-27-23)18-20-3-1-19(17-26)2-4-20/h2-11,29,34H,12-19H2,1H3;1-10H,11-18,26H2. The van der Waals surface area contributed by atoms with Crippen molar-refractivity contribution in [2.24, 2.45) is 5.73 Å². The molecule has 2 aliphatic heterocycles. The van der Waals surface area contributed by atoms with Gasteiger partial charge in [0.25, 0.3) is 11.1 Å². The largest absolute Gasteiger partial charge is 0.492 e. The van der Waals surface area contributed by atoms with Crippen LogP contribution in [-0.4, -0.2) is 120 Å². The highest BCUT2D eigenvalue weighted by Gasteiger charge is 2.22. The van der Waals surface area contributed by atoms with Crippen LogP contribution in [0.1, 0.15) is 22.3 Å². The molecule has 352 valence electrons. The van der Waals surface area contributed by atoms with Crippen LogP contribution in [0, 0.1) is 11.6 Å². The number of benzene rings is 4. The van der Waals surface area contributed by atoms with Gasteiger partial charge in [0.15, 0.2) is 11.6 Å². The van der Waals surface area contributed by atoms with Crippen molar-refractivity contribution in [3.63, 3.8) is 0 Å². The zero-order chi connectivity index (χ0) is 47.0. The lowest BCUT2D eigenvalue weighted by atomic mass is 9.88. The van der Waals surface area contributed by atoms with Gasteiger partial charge in [-0.05, 0) is 77.6 Å². The summed E-state index contributed by atoms with van der Waals surface area (Å²) in [6, 6.07) is 28.0. The lowest BCUT2D eigenvalue weighted by molar-refractivity contribution is 0.200. The number of piperazine rings is 2. The lowest BCUT2D eigenvalue weighted by Crippen LogP contribution is -2.49. The molecule has 2 saturated heterocycles. The summed E-state index contributed by atoms with van der Waals surface area (Å²) >= 11 is 0. The van der Waals surface area contributed by atoms with Crippen LogP contribution in [-0.2, 0) is 26.2 Å². The highest BCUT2D eigenvalue weighted by Crippen LogP contribution is 2.15. The Morgan fingerprint density at radius 1 is 0.597 bits per heavy atom. The van der Waals surface area contributed by atoms with E-state index in [1.807, 2.05) is 58.3 Å². The van der Waals surface area contributed by atoms with Gasteiger partial charge in [-0.25, -0.2) is 18.7 Å². The topological polar surface area (TPSA) is 159 Å². The third kappa shape index (κ3) is 14.5. The molecular formula is C49H59BF2N10O5. The van der Waals surface area contributed by atoms with Crippen molar-refractivity contribution >= 4 is 18.7 Å². The van der Waals surface area contributed by atoms with Crippen molar-refractivity contribution in [2.45, 2.75) is 33.0 Å². The molecule has 0 amide bonds. The molecule has 0 atom stereocenters. The zero-order valence-corrected chi connectivity index (χ0v) is 37.9. The van der Waals surface area contributed by atoms with Crippen LogP contribution < -0.4 is 41.4 Å². The molecule has 0 unspecified atom stereocenters. The smallest absolute Gasteiger partial charge is 0.373 e. The number of nitrogens with zero attached hydrogens (tertiary/aromatic N) is 8. The number of nitrogens with two attached hydrogens (primary N) is 1. The third-order valence-corrected chi connectivity index (χ3v) is 11.7. The first-order valence-electron chi connectivity index (χ1n) is 22.7. The van der Waals surface area contributed by atoms with Crippen LogP contribution in [0.2, 0.25) is 6.82 Å². The third-order valence-electron chi connectivity index (χ3n) is 11.7. The van der Waals surface area contributed by atoms with Crippen LogP contribution in [0.3, 0.4) is 0 Å². The van der Waals surface area contributed by atoms with Crippen molar-refractivity contribution in [3.05, 3.63) is 176 Å². The molecular weight excluding hydrogens is 857 g/mol. The Kier molecular flexibility index (Phi) is 17.6. The molecule has 2 aliphatic rings. The van der Waals surface area contributed by atoms with Gasteiger partial charge >= 0.3 is 7.05 Å². The average Bonchev–Trinajstić information content (AvgIpc) is 3.35. The van der Waals surface area contributed by atoms with Crippen LogP contribution in [0.4, 0.5) is 20.4 Å². The average molecular weight is 917 g/mol. The number of anilines is 2. The molecule has 0 saturated carbocycles. The van der Waals surface area contributed by atoms with Gasteiger partial charge in [0.1, 0.15) is 36.3 Å².